The van der Waals surface area contributed by atoms with Crippen molar-refractivity contribution in [1.82, 2.24) is 9.97 Å². The summed E-state index contributed by atoms with van der Waals surface area (Å²) in [7, 11) is -2.16. The summed E-state index contributed by atoms with van der Waals surface area (Å²) in [5.74, 6) is 0.772. The SMILES string of the molecule is COc1cccc(CN(Cc2ccco2)c2cnc(S(C)(=O)=O)nc2C(=O)Nc2ccccc2)c1. The third kappa shape index (κ3) is 6.04. The Morgan fingerprint density at radius 1 is 1.06 bits per heavy atom. The van der Waals surface area contributed by atoms with Crippen LogP contribution in [0.1, 0.15) is 21.8 Å². The molecular weight excluding hydrogens is 468 g/mol. The van der Waals surface area contributed by atoms with Gasteiger partial charge in [0.25, 0.3) is 5.91 Å². The predicted octanol–water partition coefficient (Wildman–Crippen LogP) is 3.94. The third-order valence-corrected chi connectivity index (χ3v) is 5.96. The van der Waals surface area contributed by atoms with Crippen molar-refractivity contribution in [2.24, 2.45) is 0 Å². The van der Waals surface area contributed by atoms with Crippen molar-refractivity contribution in [3.8, 4) is 5.75 Å². The highest BCUT2D eigenvalue weighted by Crippen LogP contribution is 2.26. The van der Waals surface area contributed by atoms with Crippen molar-refractivity contribution in [1.29, 1.82) is 0 Å². The Balaban J connectivity index is 1.78. The summed E-state index contributed by atoms with van der Waals surface area (Å²) in [6.45, 7) is 0.641. The molecule has 2 heterocycles. The number of hydrogen-bond donors (Lipinski definition) is 1. The fourth-order valence-corrected chi connectivity index (χ4v) is 3.96. The number of amides is 1. The highest BCUT2D eigenvalue weighted by atomic mass is 32.2. The van der Waals surface area contributed by atoms with E-state index in [1.54, 1.807) is 43.7 Å². The van der Waals surface area contributed by atoms with Crippen molar-refractivity contribution in [2.45, 2.75) is 18.2 Å². The molecule has 2 aromatic heterocycles. The third-order valence-electron chi connectivity index (χ3n) is 5.10. The number of para-hydroxylation sites is 1. The van der Waals surface area contributed by atoms with Crippen LogP contribution in [0.4, 0.5) is 11.4 Å². The maximum absolute atomic E-state index is 13.3. The van der Waals surface area contributed by atoms with Crippen LogP contribution in [0.15, 0.2) is 88.8 Å². The monoisotopic (exact) mass is 492 g/mol. The maximum Gasteiger partial charge on any atom is 0.276 e. The number of ether oxygens (including phenoxy) is 1. The quantitative estimate of drug-likeness (QED) is 0.350. The molecule has 0 radical (unpaired) electrons. The lowest BCUT2D eigenvalue weighted by molar-refractivity contribution is 0.102. The van der Waals surface area contributed by atoms with Crippen LogP contribution in [0.2, 0.25) is 0 Å². The molecule has 0 aliphatic rings. The second-order valence-electron chi connectivity index (χ2n) is 7.77. The number of nitrogens with one attached hydrogen (secondary N) is 1. The molecule has 0 fully saturated rings. The van der Waals surface area contributed by atoms with Gasteiger partial charge in [-0.25, -0.2) is 18.4 Å². The molecule has 0 atom stereocenters. The molecule has 180 valence electrons. The first kappa shape index (κ1) is 24.0. The molecule has 35 heavy (non-hydrogen) atoms. The molecule has 4 rings (SSSR count). The van der Waals surface area contributed by atoms with Gasteiger partial charge in [0.2, 0.25) is 15.0 Å². The lowest BCUT2D eigenvalue weighted by Crippen LogP contribution is -2.27. The molecule has 9 nitrogen and oxygen atoms in total. The maximum atomic E-state index is 13.3. The van der Waals surface area contributed by atoms with Gasteiger partial charge in [-0.05, 0) is 42.0 Å². The van der Waals surface area contributed by atoms with Crippen LogP contribution in [-0.4, -0.2) is 37.7 Å². The molecule has 0 aliphatic heterocycles. The van der Waals surface area contributed by atoms with E-state index in [0.717, 1.165) is 11.8 Å². The summed E-state index contributed by atoms with van der Waals surface area (Å²) in [6.07, 6.45) is 3.91. The van der Waals surface area contributed by atoms with Crippen LogP contribution < -0.4 is 15.0 Å². The van der Waals surface area contributed by atoms with E-state index in [1.165, 1.54) is 6.20 Å². The molecule has 10 heteroatoms. The van der Waals surface area contributed by atoms with Crippen LogP contribution in [0, 0.1) is 0 Å². The molecule has 0 unspecified atom stereocenters. The summed E-state index contributed by atoms with van der Waals surface area (Å²) in [4.78, 5) is 23.4. The van der Waals surface area contributed by atoms with Gasteiger partial charge in [-0.1, -0.05) is 30.3 Å². The minimum Gasteiger partial charge on any atom is -0.497 e. The Hall–Kier alpha value is -4.18. The van der Waals surface area contributed by atoms with E-state index in [0.29, 0.717) is 29.4 Å². The lowest BCUT2D eigenvalue weighted by atomic mass is 10.1. The molecule has 1 N–H and O–H groups in total. The molecule has 2 aromatic carbocycles. The number of methoxy groups -OCH3 is 1. The molecule has 0 saturated heterocycles. The summed E-state index contributed by atoms with van der Waals surface area (Å²) >= 11 is 0. The number of nitrogens with zero attached hydrogens (tertiary/aromatic N) is 3. The van der Waals surface area contributed by atoms with E-state index in [2.05, 4.69) is 15.3 Å². The molecule has 1 amide bonds. The zero-order valence-electron chi connectivity index (χ0n) is 19.2. The van der Waals surface area contributed by atoms with Gasteiger partial charge in [0, 0.05) is 18.5 Å². The van der Waals surface area contributed by atoms with Crippen LogP contribution in [-0.2, 0) is 22.9 Å². The van der Waals surface area contributed by atoms with Crippen molar-refractivity contribution in [3.63, 3.8) is 0 Å². The highest BCUT2D eigenvalue weighted by Gasteiger charge is 2.24. The standard InChI is InChI=1S/C25H24N4O5S/c1-33-20-11-6-8-18(14-20)16-29(17-21-12-7-13-34-21)22-15-26-25(35(2,31)32)28-23(22)24(30)27-19-9-4-3-5-10-19/h3-15H,16-17H2,1-2H3,(H,27,30). The fourth-order valence-electron chi connectivity index (χ4n) is 3.46. The number of hydrogen-bond acceptors (Lipinski definition) is 8. The van der Waals surface area contributed by atoms with Crippen LogP contribution in [0.25, 0.3) is 0 Å². The van der Waals surface area contributed by atoms with Crippen molar-refractivity contribution < 1.29 is 22.4 Å². The number of carbonyl (C=O) groups excluding carboxylic acids is 1. The average molecular weight is 493 g/mol. The van der Waals surface area contributed by atoms with Gasteiger partial charge in [0.05, 0.1) is 31.8 Å². The van der Waals surface area contributed by atoms with Gasteiger partial charge in [0.1, 0.15) is 11.5 Å². The number of benzene rings is 2. The Kier molecular flexibility index (Phi) is 7.11. The zero-order chi connectivity index (χ0) is 24.8. The van der Waals surface area contributed by atoms with Gasteiger partial charge >= 0.3 is 0 Å². The minimum absolute atomic E-state index is 0.0706. The first-order chi connectivity index (χ1) is 16.8. The van der Waals surface area contributed by atoms with E-state index < -0.39 is 20.9 Å². The first-order valence-corrected chi connectivity index (χ1v) is 12.6. The van der Waals surface area contributed by atoms with Crippen LogP contribution >= 0.6 is 0 Å². The smallest absolute Gasteiger partial charge is 0.276 e. The number of carbonyl (C=O) groups is 1. The average Bonchev–Trinajstić information content (AvgIpc) is 3.36. The second kappa shape index (κ2) is 10.4. The largest absolute Gasteiger partial charge is 0.497 e. The molecular formula is C25H24N4O5S. The van der Waals surface area contributed by atoms with E-state index >= 15 is 0 Å². The van der Waals surface area contributed by atoms with Crippen LogP contribution in [0.3, 0.4) is 0 Å². The van der Waals surface area contributed by atoms with Crippen molar-refractivity contribution in [2.75, 3.05) is 23.6 Å². The fraction of sp³-hybridized carbons (Fsp3) is 0.160. The van der Waals surface area contributed by atoms with Gasteiger partial charge in [0.15, 0.2) is 5.69 Å². The highest BCUT2D eigenvalue weighted by molar-refractivity contribution is 7.90. The minimum atomic E-state index is -3.75. The Labute approximate surface area is 203 Å². The van der Waals surface area contributed by atoms with Gasteiger partial charge in [-0.2, -0.15) is 0 Å². The summed E-state index contributed by atoms with van der Waals surface area (Å²) in [6, 6.07) is 19.9. The number of rotatable bonds is 9. The van der Waals surface area contributed by atoms with Gasteiger partial charge < -0.3 is 19.4 Å². The van der Waals surface area contributed by atoms with E-state index in [9.17, 15) is 13.2 Å². The number of anilines is 2. The summed E-state index contributed by atoms with van der Waals surface area (Å²) in [5, 5.41) is 2.35. The molecule has 4 aromatic rings. The first-order valence-electron chi connectivity index (χ1n) is 10.7. The normalized spacial score (nSPS) is 11.1. The Morgan fingerprint density at radius 3 is 2.54 bits per heavy atom. The van der Waals surface area contributed by atoms with E-state index in [-0.39, 0.29) is 12.2 Å². The number of furan rings is 1. The van der Waals surface area contributed by atoms with E-state index in [1.807, 2.05) is 41.3 Å². The van der Waals surface area contributed by atoms with Crippen LogP contribution in [0.5, 0.6) is 5.75 Å². The van der Waals surface area contributed by atoms with Gasteiger partial charge in [-0.3, -0.25) is 4.79 Å². The Bertz CT molecular complexity index is 1410. The molecule has 0 bridgehead atoms. The predicted molar refractivity (Wildman–Crippen MR) is 131 cm³/mol. The number of sulfone groups is 1. The zero-order valence-corrected chi connectivity index (χ0v) is 20.0. The van der Waals surface area contributed by atoms with Crippen molar-refractivity contribution in [3.05, 3.63) is 96.2 Å². The second-order valence-corrected chi connectivity index (χ2v) is 9.68. The topological polar surface area (TPSA) is 115 Å². The summed E-state index contributed by atoms with van der Waals surface area (Å²) in [5.41, 5.74) is 1.73. The molecule has 0 saturated carbocycles. The lowest BCUT2D eigenvalue weighted by Gasteiger charge is -2.25. The molecule has 0 aliphatic carbocycles. The Morgan fingerprint density at radius 2 is 1.86 bits per heavy atom. The molecule has 0 spiro atoms. The van der Waals surface area contributed by atoms with Crippen molar-refractivity contribution >= 4 is 27.1 Å². The summed E-state index contributed by atoms with van der Waals surface area (Å²) < 4.78 is 35.2. The van der Waals surface area contributed by atoms with Gasteiger partial charge in [-0.15, -0.1) is 0 Å². The van der Waals surface area contributed by atoms with E-state index in [4.69, 9.17) is 9.15 Å². The number of aromatic nitrogens is 2.